The smallest absolute Gasteiger partial charge is 0.116 e. The molecule has 36 heavy (non-hydrogen) atoms. The van der Waals surface area contributed by atoms with Crippen molar-refractivity contribution in [1.29, 1.82) is 0 Å². The van der Waals surface area contributed by atoms with Gasteiger partial charge in [0.05, 0.1) is 34.5 Å². The van der Waals surface area contributed by atoms with Crippen LogP contribution in [0.4, 0.5) is 0 Å². The van der Waals surface area contributed by atoms with E-state index in [4.69, 9.17) is 4.98 Å². The molecule has 1 saturated heterocycles. The van der Waals surface area contributed by atoms with Crippen molar-refractivity contribution in [3.8, 4) is 34.0 Å². The Balaban J connectivity index is 1.28. The van der Waals surface area contributed by atoms with E-state index in [9.17, 15) is 0 Å². The summed E-state index contributed by atoms with van der Waals surface area (Å²) < 4.78 is 0. The van der Waals surface area contributed by atoms with E-state index in [0.717, 1.165) is 75.5 Å². The third-order valence-electron chi connectivity index (χ3n) is 6.85. The van der Waals surface area contributed by atoms with Gasteiger partial charge in [-0.2, -0.15) is 5.10 Å². The highest BCUT2D eigenvalue weighted by Gasteiger charge is 2.16. The van der Waals surface area contributed by atoms with Gasteiger partial charge in [-0.05, 0) is 67.9 Å². The predicted molar refractivity (Wildman–Crippen MR) is 140 cm³/mol. The first-order chi connectivity index (χ1) is 17.8. The summed E-state index contributed by atoms with van der Waals surface area (Å²) in [6.45, 7) is 3.26. The summed E-state index contributed by atoms with van der Waals surface area (Å²) in [6.07, 6.45) is 11.8. The maximum absolute atomic E-state index is 4.70. The van der Waals surface area contributed by atoms with Crippen LogP contribution in [0.1, 0.15) is 18.4 Å². The van der Waals surface area contributed by atoms with Gasteiger partial charge in [0, 0.05) is 53.2 Å². The molecule has 0 aromatic carbocycles. The van der Waals surface area contributed by atoms with Crippen molar-refractivity contribution in [3.05, 3.63) is 79.0 Å². The molecule has 176 valence electrons. The van der Waals surface area contributed by atoms with Gasteiger partial charge < -0.3 is 4.98 Å². The number of aromatic nitrogens is 7. The second-order valence-corrected chi connectivity index (χ2v) is 9.27. The maximum Gasteiger partial charge on any atom is 0.116 e. The highest BCUT2D eigenvalue weighted by molar-refractivity contribution is 6.00. The summed E-state index contributed by atoms with van der Waals surface area (Å²) in [4.78, 5) is 24.3. The Morgan fingerprint density at radius 1 is 0.778 bits per heavy atom. The van der Waals surface area contributed by atoms with Gasteiger partial charge in [0.2, 0.25) is 0 Å². The Morgan fingerprint density at radius 3 is 2.58 bits per heavy atom. The van der Waals surface area contributed by atoms with Gasteiger partial charge in [0.25, 0.3) is 0 Å². The van der Waals surface area contributed by atoms with Crippen LogP contribution >= 0.6 is 0 Å². The molecule has 8 nitrogen and oxygen atoms in total. The number of aromatic amines is 2. The zero-order valence-electron chi connectivity index (χ0n) is 19.6. The average Bonchev–Trinajstić information content (AvgIpc) is 3.68. The summed E-state index contributed by atoms with van der Waals surface area (Å²) in [6, 6.07) is 14.2. The van der Waals surface area contributed by atoms with Crippen molar-refractivity contribution >= 4 is 21.8 Å². The predicted octanol–water partition coefficient (Wildman–Crippen LogP) is 5.22. The molecular formula is C28H24N8. The third kappa shape index (κ3) is 3.72. The molecule has 1 aliphatic rings. The van der Waals surface area contributed by atoms with E-state index in [-0.39, 0.29) is 0 Å². The van der Waals surface area contributed by atoms with Gasteiger partial charge in [-0.1, -0.05) is 6.07 Å². The van der Waals surface area contributed by atoms with E-state index < -0.39 is 0 Å². The van der Waals surface area contributed by atoms with Crippen LogP contribution in [0, 0.1) is 0 Å². The Hall–Kier alpha value is -4.43. The van der Waals surface area contributed by atoms with Crippen LogP contribution in [-0.4, -0.2) is 53.1 Å². The molecule has 6 aromatic rings. The summed E-state index contributed by atoms with van der Waals surface area (Å²) in [5, 5.41) is 9.78. The SMILES string of the molecule is c1ccc(-c2nccc3[nH]c(-c4n[nH]c5cnc(-c6cncc(CN7CCCC7)c6)cc45)cc23)nc1. The highest BCUT2D eigenvalue weighted by atomic mass is 15.1. The standard InChI is InChI=1S/C28H24N8/c1-2-7-30-23(5-1)27-20-13-25(33-22(20)6-8-31-27)28-21-12-24(32-16-26(21)34-35-28)19-11-18(14-29-15-19)17-36-9-3-4-10-36/h1-2,5-8,11-16,33H,3-4,9-10,17H2,(H,34,35). The second kappa shape index (κ2) is 8.66. The minimum atomic E-state index is 0.841. The van der Waals surface area contributed by atoms with Gasteiger partial charge in [-0.25, -0.2) is 0 Å². The molecule has 6 aromatic heterocycles. The first-order valence-corrected chi connectivity index (χ1v) is 12.2. The van der Waals surface area contributed by atoms with Crippen molar-refractivity contribution in [2.45, 2.75) is 19.4 Å². The number of H-pyrrole nitrogens is 2. The van der Waals surface area contributed by atoms with Crippen molar-refractivity contribution < 1.29 is 0 Å². The Labute approximate surface area is 207 Å². The molecule has 7 rings (SSSR count). The zero-order valence-corrected chi connectivity index (χ0v) is 19.6. The Kier molecular flexibility index (Phi) is 5.03. The number of likely N-dealkylation sites (tertiary alicyclic amines) is 1. The third-order valence-corrected chi connectivity index (χ3v) is 6.85. The molecule has 7 heterocycles. The first-order valence-electron chi connectivity index (χ1n) is 12.2. The van der Waals surface area contributed by atoms with Gasteiger partial charge >= 0.3 is 0 Å². The van der Waals surface area contributed by atoms with Crippen LogP contribution in [0.5, 0.6) is 0 Å². The van der Waals surface area contributed by atoms with Crippen molar-refractivity contribution in [1.82, 2.24) is 40.0 Å². The quantitative estimate of drug-likeness (QED) is 0.357. The highest BCUT2D eigenvalue weighted by Crippen LogP contribution is 2.33. The van der Waals surface area contributed by atoms with E-state index in [1.807, 2.05) is 42.9 Å². The lowest BCUT2D eigenvalue weighted by molar-refractivity contribution is 0.331. The molecule has 0 saturated carbocycles. The number of nitrogens with one attached hydrogen (secondary N) is 2. The van der Waals surface area contributed by atoms with Crippen LogP contribution in [0.2, 0.25) is 0 Å². The molecule has 1 fully saturated rings. The van der Waals surface area contributed by atoms with Gasteiger partial charge in [-0.15, -0.1) is 0 Å². The molecule has 0 unspecified atom stereocenters. The number of nitrogens with zero attached hydrogens (tertiary/aromatic N) is 6. The van der Waals surface area contributed by atoms with Crippen LogP contribution < -0.4 is 0 Å². The number of hydrogen-bond acceptors (Lipinski definition) is 6. The zero-order chi connectivity index (χ0) is 23.9. The molecule has 0 atom stereocenters. The molecule has 0 aliphatic carbocycles. The lowest BCUT2D eigenvalue weighted by Crippen LogP contribution is -2.18. The van der Waals surface area contributed by atoms with Crippen LogP contribution in [0.25, 0.3) is 55.8 Å². The fraction of sp³-hybridized carbons (Fsp3) is 0.179. The number of fused-ring (bicyclic) bond motifs is 2. The monoisotopic (exact) mass is 472 g/mol. The van der Waals surface area contributed by atoms with E-state index in [2.05, 4.69) is 53.2 Å². The minimum Gasteiger partial charge on any atom is -0.353 e. The van der Waals surface area contributed by atoms with E-state index in [1.165, 1.54) is 18.4 Å². The lowest BCUT2D eigenvalue weighted by Gasteiger charge is -2.14. The van der Waals surface area contributed by atoms with Crippen molar-refractivity contribution in [2.75, 3.05) is 13.1 Å². The van der Waals surface area contributed by atoms with E-state index in [0.29, 0.717) is 0 Å². The van der Waals surface area contributed by atoms with Crippen LogP contribution in [-0.2, 0) is 6.54 Å². The normalized spacial score (nSPS) is 14.2. The van der Waals surface area contributed by atoms with E-state index in [1.54, 1.807) is 12.4 Å². The fourth-order valence-electron chi connectivity index (χ4n) is 5.08. The topological polar surface area (TPSA) is 99.3 Å². The van der Waals surface area contributed by atoms with Gasteiger partial charge in [0.15, 0.2) is 0 Å². The fourth-order valence-corrected chi connectivity index (χ4v) is 5.08. The summed E-state index contributed by atoms with van der Waals surface area (Å²) in [5.41, 5.74) is 8.44. The summed E-state index contributed by atoms with van der Waals surface area (Å²) in [7, 11) is 0. The van der Waals surface area contributed by atoms with Crippen LogP contribution in [0.15, 0.2) is 73.4 Å². The summed E-state index contributed by atoms with van der Waals surface area (Å²) in [5.74, 6) is 0. The molecule has 2 N–H and O–H groups in total. The molecule has 8 heteroatoms. The maximum atomic E-state index is 4.70. The lowest BCUT2D eigenvalue weighted by atomic mass is 10.1. The molecule has 0 bridgehead atoms. The largest absolute Gasteiger partial charge is 0.353 e. The number of rotatable bonds is 5. The Morgan fingerprint density at radius 2 is 1.69 bits per heavy atom. The van der Waals surface area contributed by atoms with Gasteiger partial charge in [-0.3, -0.25) is 29.9 Å². The first kappa shape index (κ1) is 20.9. The number of hydrogen-bond donors (Lipinski definition) is 2. The second-order valence-electron chi connectivity index (χ2n) is 9.27. The molecule has 0 radical (unpaired) electrons. The van der Waals surface area contributed by atoms with Crippen molar-refractivity contribution in [3.63, 3.8) is 0 Å². The van der Waals surface area contributed by atoms with Gasteiger partial charge in [0.1, 0.15) is 5.69 Å². The average molecular weight is 473 g/mol. The molecule has 0 amide bonds. The Bertz CT molecular complexity index is 1680. The molecule has 0 spiro atoms. The van der Waals surface area contributed by atoms with E-state index >= 15 is 0 Å². The van der Waals surface area contributed by atoms with Crippen LogP contribution in [0.3, 0.4) is 0 Å². The number of pyridine rings is 4. The van der Waals surface area contributed by atoms with Crippen molar-refractivity contribution in [2.24, 2.45) is 0 Å². The minimum absolute atomic E-state index is 0.841. The molecule has 1 aliphatic heterocycles. The molecular weight excluding hydrogens is 448 g/mol. The summed E-state index contributed by atoms with van der Waals surface area (Å²) >= 11 is 0.